The molecular formula is C15H11ClN2O2S. The average Bonchev–Trinajstić information content (AvgIpc) is 2.48. The van der Waals surface area contributed by atoms with Crippen LogP contribution in [0, 0.1) is 0 Å². The molecule has 3 rings (SSSR count). The Morgan fingerprint density at radius 1 is 1.00 bits per heavy atom. The molecule has 0 radical (unpaired) electrons. The molecule has 6 heteroatoms. The predicted octanol–water partition coefficient (Wildman–Crippen LogP) is 3.69. The number of fused-ring (bicyclic) bond motifs is 1. The first-order valence-electron chi connectivity index (χ1n) is 6.18. The van der Waals surface area contributed by atoms with Crippen LogP contribution >= 0.6 is 11.6 Å². The third-order valence-electron chi connectivity index (χ3n) is 3.03. The van der Waals surface area contributed by atoms with E-state index in [-0.39, 0.29) is 10.0 Å². The SMILES string of the molecule is O=S(=O)(Nc1ccccc1)c1ccc2ccnc(Cl)c2c1. The molecule has 106 valence electrons. The maximum absolute atomic E-state index is 12.4. The summed E-state index contributed by atoms with van der Waals surface area (Å²) in [6, 6.07) is 15.3. The van der Waals surface area contributed by atoms with Crippen molar-refractivity contribution in [2.45, 2.75) is 4.90 Å². The lowest BCUT2D eigenvalue weighted by Crippen LogP contribution is -2.12. The molecule has 0 saturated heterocycles. The van der Waals surface area contributed by atoms with Gasteiger partial charge in [0.1, 0.15) is 5.15 Å². The van der Waals surface area contributed by atoms with Gasteiger partial charge in [-0.05, 0) is 35.7 Å². The molecule has 3 aromatic rings. The molecule has 2 aromatic carbocycles. The predicted molar refractivity (Wildman–Crippen MR) is 84.0 cm³/mol. The molecular weight excluding hydrogens is 308 g/mol. The minimum Gasteiger partial charge on any atom is -0.280 e. The van der Waals surface area contributed by atoms with Gasteiger partial charge >= 0.3 is 0 Å². The van der Waals surface area contributed by atoms with Gasteiger partial charge in [0.2, 0.25) is 0 Å². The zero-order chi connectivity index (χ0) is 14.9. The summed E-state index contributed by atoms with van der Waals surface area (Å²) in [5, 5.41) is 1.73. The summed E-state index contributed by atoms with van der Waals surface area (Å²) in [5.74, 6) is 0. The van der Waals surface area contributed by atoms with Crippen molar-refractivity contribution in [1.82, 2.24) is 4.98 Å². The Kier molecular flexibility index (Phi) is 3.53. The van der Waals surface area contributed by atoms with Crippen molar-refractivity contribution in [3.8, 4) is 0 Å². The standard InChI is InChI=1S/C15H11ClN2O2S/c16-15-14-10-13(7-6-11(14)8-9-17-15)21(19,20)18-12-4-2-1-3-5-12/h1-10,18H. The van der Waals surface area contributed by atoms with Crippen LogP contribution in [0.15, 0.2) is 65.7 Å². The largest absolute Gasteiger partial charge is 0.280 e. The van der Waals surface area contributed by atoms with E-state index in [1.54, 1.807) is 48.7 Å². The number of pyridine rings is 1. The van der Waals surface area contributed by atoms with Gasteiger partial charge in [0.15, 0.2) is 0 Å². The molecule has 0 aliphatic heterocycles. The first kappa shape index (κ1) is 13.9. The molecule has 0 saturated carbocycles. The Balaban J connectivity index is 2.05. The van der Waals surface area contributed by atoms with Crippen LogP contribution in [0.4, 0.5) is 5.69 Å². The van der Waals surface area contributed by atoms with E-state index in [4.69, 9.17) is 11.6 Å². The Morgan fingerprint density at radius 2 is 1.76 bits per heavy atom. The highest BCUT2D eigenvalue weighted by molar-refractivity contribution is 7.92. The van der Waals surface area contributed by atoms with Crippen molar-refractivity contribution in [2.24, 2.45) is 0 Å². The van der Waals surface area contributed by atoms with Crippen LogP contribution in [0.5, 0.6) is 0 Å². The number of benzene rings is 2. The molecule has 0 unspecified atom stereocenters. The maximum Gasteiger partial charge on any atom is 0.261 e. The minimum atomic E-state index is -3.66. The average molecular weight is 319 g/mol. The van der Waals surface area contributed by atoms with Gasteiger partial charge in [-0.3, -0.25) is 4.72 Å². The molecule has 1 aromatic heterocycles. The zero-order valence-corrected chi connectivity index (χ0v) is 12.4. The fraction of sp³-hybridized carbons (Fsp3) is 0. The van der Waals surface area contributed by atoms with E-state index < -0.39 is 10.0 Å². The van der Waals surface area contributed by atoms with Gasteiger partial charge < -0.3 is 0 Å². The van der Waals surface area contributed by atoms with Gasteiger partial charge in [0, 0.05) is 17.3 Å². The van der Waals surface area contributed by atoms with E-state index in [0.29, 0.717) is 11.1 Å². The third kappa shape index (κ3) is 2.84. The molecule has 0 atom stereocenters. The summed E-state index contributed by atoms with van der Waals surface area (Å²) in [4.78, 5) is 4.11. The second-order valence-electron chi connectivity index (χ2n) is 4.46. The van der Waals surface area contributed by atoms with Gasteiger partial charge in [-0.1, -0.05) is 35.9 Å². The van der Waals surface area contributed by atoms with E-state index in [1.165, 1.54) is 6.07 Å². The summed E-state index contributed by atoms with van der Waals surface area (Å²) in [7, 11) is -3.66. The highest BCUT2D eigenvalue weighted by Crippen LogP contribution is 2.25. The van der Waals surface area contributed by atoms with Crippen molar-refractivity contribution in [3.05, 3.63) is 65.9 Å². The van der Waals surface area contributed by atoms with E-state index in [1.807, 2.05) is 6.07 Å². The summed E-state index contributed by atoms with van der Waals surface area (Å²) < 4.78 is 27.3. The highest BCUT2D eigenvalue weighted by atomic mass is 35.5. The van der Waals surface area contributed by atoms with Gasteiger partial charge in [-0.2, -0.15) is 0 Å². The summed E-state index contributed by atoms with van der Waals surface area (Å²) in [6.45, 7) is 0. The van der Waals surface area contributed by atoms with Gasteiger partial charge in [-0.15, -0.1) is 0 Å². The second kappa shape index (κ2) is 5.35. The Labute approximate surface area is 127 Å². The summed E-state index contributed by atoms with van der Waals surface area (Å²) in [6.07, 6.45) is 1.58. The smallest absolute Gasteiger partial charge is 0.261 e. The monoisotopic (exact) mass is 318 g/mol. The topological polar surface area (TPSA) is 59.1 Å². The quantitative estimate of drug-likeness (QED) is 0.749. The number of nitrogens with one attached hydrogen (secondary N) is 1. The lowest BCUT2D eigenvalue weighted by atomic mass is 10.2. The highest BCUT2D eigenvalue weighted by Gasteiger charge is 2.15. The molecule has 1 N–H and O–H groups in total. The van der Waals surface area contributed by atoms with Crippen LogP contribution in [0.3, 0.4) is 0 Å². The number of anilines is 1. The lowest BCUT2D eigenvalue weighted by molar-refractivity contribution is 0.601. The van der Waals surface area contributed by atoms with Crippen LogP contribution in [0.2, 0.25) is 5.15 Å². The number of sulfonamides is 1. The van der Waals surface area contributed by atoms with Crippen molar-refractivity contribution in [1.29, 1.82) is 0 Å². The Bertz CT molecular complexity index is 896. The molecule has 0 spiro atoms. The number of hydrogen-bond acceptors (Lipinski definition) is 3. The van der Waals surface area contributed by atoms with Crippen LogP contribution in [-0.2, 0) is 10.0 Å². The third-order valence-corrected chi connectivity index (χ3v) is 4.71. The Morgan fingerprint density at radius 3 is 2.52 bits per heavy atom. The number of rotatable bonds is 3. The van der Waals surface area contributed by atoms with Crippen molar-refractivity contribution >= 4 is 38.1 Å². The van der Waals surface area contributed by atoms with Crippen LogP contribution in [-0.4, -0.2) is 13.4 Å². The van der Waals surface area contributed by atoms with E-state index in [9.17, 15) is 8.42 Å². The van der Waals surface area contributed by atoms with Crippen LogP contribution in [0.1, 0.15) is 0 Å². The van der Waals surface area contributed by atoms with E-state index >= 15 is 0 Å². The van der Waals surface area contributed by atoms with Gasteiger partial charge in [-0.25, -0.2) is 13.4 Å². The minimum absolute atomic E-state index is 0.147. The molecule has 0 fully saturated rings. The number of para-hydroxylation sites is 1. The number of halogens is 1. The van der Waals surface area contributed by atoms with E-state index in [0.717, 1.165) is 5.39 Å². The molecule has 1 heterocycles. The first-order chi connectivity index (χ1) is 10.1. The van der Waals surface area contributed by atoms with Crippen molar-refractivity contribution < 1.29 is 8.42 Å². The Hall–Kier alpha value is -2.11. The summed E-state index contributed by atoms with van der Waals surface area (Å²) >= 11 is 6.01. The first-order valence-corrected chi connectivity index (χ1v) is 8.04. The molecule has 0 aliphatic carbocycles. The molecule has 0 amide bonds. The van der Waals surface area contributed by atoms with Gasteiger partial charge in [0.25, 0.3) is 10.0 Å². The van der Waals surface area contributed by atoms with Gasteiger partial charge in [0.05, 0.1) is 4.90 Å². The number of aromatic nitrogens is 1. The fourth-order valence-corrected chi connectivity index (χ4v) is 3.30. The molecule has 21 heavy (non-hydrogen) atoms. The normalized spacial score (nSPS) is 11.5. The molecule has 0 bridgehead atoms. The maximum atomic E-state index is 12.4. The lowest BCUT2D eigenvalue weighted by Gasteiger charge is -2.09. The zero-order valence-electron chi connectivity index (χ0n) is 10.8. The van der Waals surface area contributed by atoms with E-state index in [2.05, 4.69) is 9.71 Å². The number of nitrogens with zero attached hydrogens (tertiary/aromatic N) is 1. The van der Waals surface area contributed by atoms with Crippen molar-refractivity contribution in [3.63, 3.8) is 0 Å². The fourth-order valence-electron chi connectivity index (χ4n) is 2.00. The summed E-state index contributed by atoms with van der Waals surface area (Å²) in [5.41, 5.74) is 0.509. The van der Waals surface area contributed by atoms with Crippen LogP contribution in [0.25, 0.3) is 10.8 Å². The molecule has 0 aliphatic rings. The van der Waals surface area contributed by atoms with Crippen molar-refractivity contribution in [2.75, 3.05) is 4.72 Å². The second-order valence-corrected chi connectivity index (χ2v) is 6.50. The van der Waals surface area contributed by atoms with Crippen LogP contribution < -0.4 is 4.72 Å². The molecule has 4 nitrogen and oxygen atoms in total. The number of hydrogen-bond donors (Lipinski definition) is 1.